The van der Waals surface area contributed by atoms with Crippen molar-refractivity contribution < 1.29 is 24.3 Å². The van der Waals surface area contributed by atoms with Crippen molar-refractivity contribution in [3.63, 3.8) is 0 Å². The fourth-order valence-electron chi connectivity index (χ4n) is 2.83. The number of imide groups is 1. The number of carboxylic acid groups (broad SMARTS) is 1. The van der Waals surface area contributed by atoms with Crippen molar-refractivity contribution in [1.29, 1.82) is 0 Å². The van der Waals surface area contributed by atoms with Gasteiger partial charge in [0.05, 0.1) is 10.9 Å². The summed E-state index contributed by atoms with van der Waals surface area (Å²) < 4.78 is 0. The number of benzene rings is 2. The fourth-order valence-corrected chi connectivity index (χ4v) is 3.65. The fraction of sp³-hybridized carbons (Fsp3) is 0.130. The molecule has 1 aliphatic heterocycles. The summed E-state index contributed by atoms with van der Waals surface area (Å²) in [5.41, 5.74) is 1.46. The molecule has 2 aromatic carbocycles. The summed E-state index contributed by atoms with van der Waals surface area (Å²) >= 11 is 0.876. The van der Waals surface area contributed by atoms with E-state index in [1.54, 1.807) is 12.2 Å². The van der Waals surface area contributed by atoms with Crippen molar-refractivity contribution in [2.45, 2.75) is 12.8 Å². The Bertz CT molecular complexity index is 1050. The third-order valence-corrected chi connectivity index (χ3v) is 5.32. The van der Waals surface area contributed by atoms with Crippen molar-refractivity contribution in [2.75, 3.05) is 11.9 Å². The average Bonchev–Trinajstić information content (AvgIpc) is 3.02. The number of hydrogen-bond donors (Lipinski definition) is 1. The number of rotatable bonds is 8. The van der Waals surface area contributed by atoms with Crippen LogP contribution in [0.2, 0.25) is 0 Å². The van der Waals surface area contributed by atoms with Crippen molar-refractivity contribution >= 4 is 46.5 Å². The van der Waals surface area contributed by atoms with Gasteiger partial charge in [-0.05, 0) is 47.5 Å². The standard InChI is InChI=1S/C23H20N2O5S/c26-20(24-18-13-11-17(12-14-18)22(28)29)10-5-15-25-21(27)19(31-23(25)30)9-4-8-16-6-2-1-3-7-16/h1-4,6-9,11-14H,5,10,15H2,(H,24,26)(H,28,29)/p-1/b8-4+,19-9-. The first-order valence-electron chi connectivity index (χ1n) is 9.52. The summed E-state index contributed by atoms with van der Waals surface area (Å²) in [5.74, 6) is -1.96. The lowest BCUT2D eigenvalue weighted by atomic mass is 10.2. The molecule has 0 aromatic heterocycles. The van der Waals surface area contributed by atoms with E-state index < -0.39 is 5.97 Å². The molecule has 8 heteroatoms. The van der Waals surface area contributed by atoms with Gasteiger partial charge in [0.1, 0.15) is 0 Å². The van der Waals surface area contributed by atoms with Crippen LogP contribution in [0.4, 0.5) is 10.5 Å². The van der Waals surface area contributed by atoms with E-state index in [4.69, 9.17) is 0 Å². The molecule has 2 aromatic rings. The Hall–Kier alpha value is -3.65. The second kappa shape index (κ2) is 10.4. The van der Waals surface area contributed by atoms with Gasteiger partial charge in [-0.15, -0.1) is 0 Å². The highest BCUT2D eigenvalue weighted by molar-refractivity contribution is 8.18. The highest BCUT2D eigenvalue weighted by Gasteiger charge is 2.34. The van der Waals surface area contributed by atoms with Gasteiger partial charge in [0.2, 0.25) is 5.91 Å². The van der Waals surface area contributed by atoms with Crippen LogP contribution in [-0.2, 0) is 9.59 Å². The summed E-state index contributed by atoms with van der Waals surface area (Å²) in [6, 6.07) is 15.2. The van der Waals surface area contributed by atoms with Crippen LogP contribution in [0.1, 0.15) is 28.8 Å². The minimum atomic E-state index is -1.29. The summed E-state index contributed by atoms with van der Waals surface area (Å²) in [5, 5.41) is 13.0. The normalized spacial score (nSPS) is 15.1. The molecular weight excluding hydrogens is 416 g/mol. The van der Waals surface area contributed by atoms with Gasteiger partial charge in [-0.25, -0.2) is 0 Å². The molecule has 0 aliphatic carbocycles. The molecule has 0 unspecified atom stereocenters. The number of allylic oxidation sites excluding steroid dienone is 2. The van der Waals surface area contributed by atoms with Crippen LogP contribution in [0, 0.1) is 0 Å². The van der Waals surface area contributed by atoms with E-state index in [1.807, 2.05) is 36.4 Å². The van der Waals surface area contributed by atoms with Crippen LogP contribution in [0.25, 0.3) is 6.08 Å². The minimum absolute atomic E-state index is 0.0176. The van der Waals surface area contributed by atoms with Crippen LogP contribution < -0.4 is 10.4 Å². The largest absolute Gasteiger partial charge is 0.545 e. The molecule has 0 radical (unpaired) electrons. The van der Waals surface area contributed by atoms with Crippen molar-refractivity contribution in [1.82, 2.24) is 4.90 Å². The SMILES string of the molecule is O=C(CCCN1C(=O)S/C(=C\C=C\c2ccccc2)C1=O)Nc1ccc(C(=O)[O-])cc1. The number of carbonyl (C=O) groups excluding carboxylic acids is 4. The molecule has 3 rings (SSSR count). The maximum Gasteiger partial charge on any atom is 0.293 e. The van der Waals surface area contributed by atoms with Crippen LogP contribution in [0.15, 0.2) is 71.7 Å². The Kier molecular flexibility index (Phi) is 7.40. The number of carbonyl (C=O) groups is 4. The monoisotopic (exact) mass is 435 g/mol. The van der Waals surface area contributed by atoms with Crippen molar-refractivity contribution in [3.05, 3.63) is 82.8 Å². The molecule has 1 heterocycles. The van der Waals surface area contributed by atoms with Crippen LogP contribution >= 0.6 is 11.8 Å². The van der Waals surface area contributed by atoms with Crippen molar-refractivity contribution in [2.24, 2.45) is 0 Å². The smallest absolute Gasteiger partial charge is 0.293 e. The number of aromatic carboxylic acids is 1. The van der Waals surface area contributed by atoms with E-state index in [9.17, 15) is 24.3 Å². The van der Waals surface area contributed by atoms with Gasteiger partial charge < -0.3 is 15.2 Å². The summed E-state index contributed by atoms with van der Waals surface area (Å²) in [4.78, 5) is 48.8. The highest BCUT2D eigenvalue weighted by atomic mass is 32.2. The Labute approximate surface area is 183 Å². The zero-order valence-electron chi connectivity index (χ0n) is 16.4. The first-order valence-corrected chi connectivity index (χ1v) is 10.3. The minimum Gasteiger partial charge on any atom is -0.545 e. The molecule has 0 saturated carbocycles. The molecule has 31 heavy (non-hydrogen) atoms. The maximum atomic E-state index is 12.4. The second-order valence-corrected chi connectivity index (χ2v) is 7.64. The van der Waals surface area contributed by atoms with E-state index in [2.05, 4.69) is 5.32 Å². The predicted molar refractivity (Wildman–Crippen MR) is 117 cm³/mol. The van der Waals surface area contributed by atoms with E-state index in [-0.39, 0.29) is 35.6 Å². The van der Waals surface area contributed by atoms with Crippen LogP contribution in [0.5, 0.6) is 0 Å². The quantitative estimate of drug-likeness (QED) is 0.639. The number of anilines is 1. The van der Waals surface area contributed by atoms with Crippen molar-refractivity contribution in [3.8, 4) is 0 Å². The van der Waals surface area contributed by atoms with Gasteiger partial charge in [0.25, 0.3) is 11.1 Å². The Morgan fingerprint density at radius 2 is 1.74 bits per heavy atom. The molecule has 0 spiro atoms. The molecule has 1 aliphatic rings. The zero-order chi connectivity index (χ0) is 22.2. The van der Waals surface area contributed by atoms with Gasteiger partial charge >= 0.3 is 0 Å². The van der Waals surface area contributed by atoms with Gasteiger partial charge in [-0.1, -0.05) is 54.6 Å². The molecule has 158 valence electrons. The average molecular weight is 435 g/mol. The van der Waals surface area contributed by atoms with Crippen LogP contribution in [-0.4, -0.2) is 34.5 Å². The number of nitrogens with one attached hydrogen (secondary N) is 1. The highest BCUT2D eigenvalue weighted by Crippen LogP contribution is 2.30. The summed E-state index contributed by atoms with van der Waals surface area (Å²) in [6.07, 6.45) is 5.61. The Morgan fingerprint density at radius 3 is 2.42 bits per heavy atom. The summed E-state index contributed by atoms with van der Waals surface area (Å²) in [7, 11) is 0. The molecule has 1 fully saturated rings. The van der Waals surface area contributed by atoms with Gasteiger partial charge in [0, 0.05) is 18.7 Å². The van der Waals surface area contributed by atoms with Gasteiger partial charge in [-0.2, -0.15) is 0 Å². The third-order valence-electron chi connectivity index (χ3n) is 4.40. The Morgan fingerprint density at radius 1 is 1.03 bits per heavy atom. The number of thioether (sulfide) groups is 1. The van der Waals surface area contributed by atoms with E-state index in [0.717, 1.165) is 22.2 Å². The second-order valence-electron chi connectivity index (χ2n) is 6.64. The molecule has 0 bridgehead atoms. The maximum absolute atomic E-state index is 12.4. The van der Waals surface area contributed by atoms with Gasteiger partial charge in [-0.3, -0.25) is 19.3 Å². The third kappa shape index (κ3) is 6.16. The number of carboxylic acids is 1. The molecular formula is C23H19N2O5S-. The lowest BCUT2D eigenvalue weighted by Crippen LogP contribution is -2.29. The molecule has 1 N–H and O–H groups in total. The number of amides is 3. The molecule has 0 atom stereocenters. The van der Waals surface area contributed by atoms with E-state index >= 15 is 0 Å². The Balaban J connectivity index is 1.47. The molecule has 3 amide bonds. The molecule has 1 saturated heterocycles. The number of nitrogens with zero attached hydrogens (tertiary/aromatic N) is 1. The lowest BCUT2D eigenvalue weighted by molar-refractivity contribution is -0.255. The zero-order valence-corrected chi connectivity index (χ0v) is 17.3. The predicted octanol–water partition coefficient (Wildman–Crippen LogP) is 3.06. The topological polar surface area (TPSA) is 107 Å². The van der Waals surface area contributed by atoms with E-state index in [0.29, 0.717) is 17.0 Å². The number of hydrogen-bond acceptors (Lipinski definition) is 6. The first-order chi connectivity index (χ1) is 14.9. The van der Waals surface area contributed by atoms with Gasteiger partial charge in [0.15, 0.2) is 0 Å². The van der Waals surface area contributed by atoms with Crippen LogP contribution in [0.3, 0.4) is 0 Å². The molecule has 7 nitrogen and oxygen atoms in total. The summed E-state index contributed by atoms with van der Waals surface area (Å²) in [6.45, 7) is 0.140. The lowest BCUT2D eigenvalue weighted by Gasteiger charge is -2.12. The van der Waals surface area contributed by atoms with E-state index in [1.165, 1.54) is 24.3 Å². The first kappa shape index (κ1) is 22.0.